The number of carbonyl (C=O) groups excluding carboxylic acids is 6. The normalized spacial score (nSPS) is 21.9. The van der Waals surface area contributed by atoms with Crippen LogP contribution in [0.15, 0.2) is 91.1 Å². The van der Waals surface area contributed by atoms with Crippen LogP contribution in [0.25, 0.3) is 10.9 Å². The lowest BCUT2D eigenvalue weighted by molar-refractivity contribution is -0.136. The molecule has 4 N–H and O–H groups in total. The molecule has 2 bridgehead atoms. The summed E-state index contributed by atoms with van der Waals surface area (Å²) in [4.78, 5) is 90.6. The van der Waals surface area contributed by atoms with E-state index in [-0.39, 0.29) is 24.0 Å². The molecule has 0 radical (unpaired) electrons. The van der Waals surface area contributed by atoms with Gasteiger partial charge in [0.1, 0.15) is 34.5 Å². The first-order valence-corrected chi connectivity index (χ1v) is 24.4. The monoisotopic (exact) mass is 963 g/mol. The Morgan fingerprint density at radius 3 is 2.23 bits per heavy atom. The lowest BCUT2D eigenvalue weighted by Gasteiger charge is -2.57. The van der Waals surface area contributed by atoms with Crippen LogP contribution in [0.2, 0.25) is 0 Å². The van der Waals surface area contributed by atoms with Crippen LogP contribution in [0.4, 0.5) is 27.1 Å². The zero-order chi connectivity index (χ0) is 49.0. The third-order valence-electron chi connectivity index (χ3n) is 15.1. The van der Waals surface area contributed by atoms with E-state index in [9.17, 15) is 33.2 Å². The summed E-state index contributed by atoms with van der Waals surface area (Å²) in [6, 6.07) is 23.4. The van der Waals surface area contributed by atoms with E-state index < -0.39 is 52.7 Å². The summed E-state index contributed by atoms with van der Waals surface area (Å²) in [7, 11) is 1.68. The van der Waals surface area contributed by atoms with E-state index in [4.69, 9.17) is 14.5 Å². The fraction of sp³-hybridized carbons (Fsp3) is 0.377. The van der Waals surface area contributed by atoms with Crippen LogP contribution in [-0.2, 0) is 19.2 Å². The molecule has 1 aromatic heterocycles. The molecule has 1 aliphatic carbocycles. The Labute approximate surface area is 409 Å². The second kappa shape index (κ2) is 18.7. The number of halogens is 1. The maximum absolute atomic E-state index is 13.5. The average molecular weight is 964 g/mol. The maximum Gasteiger partial charge on any atom is 0.264 e. The number of rotatable bonds is 15. The molecule has 3 unspecified atom stereocenters. The van der Waals surface area contributed by atoms with Gasteiger partial charge in [0.05, 0.1) is 29.4 Å². The van der Waals surface area contributed by atoms with E-state index in [0.29, 0.717) is 65.9 Å². The highest BCUT2D eigenvalue weighted by atomic mass is 19.1. The molecule has 6 amide bonds. The predicted octanol–water partition coefficient (Wildman–Crippen LogP) is 6.02. The van der Waals surface area contributed by atoms with Crippen LogP contribution in [0.3, 0.4) is 0 Å². The van der Waals surface area contributed by atoms with Crippen molar-refractivity contribution in [3.63, 3.8) is 0 Å². The topological polar surface area (TPSA) is 195 Å². The second-order valence-corrected chi connectivity index (χ2v) is 19.5. The number of imide groups is 2. The molecule has 4 aromatic carbocycles. The van der Waals surface area contributed by atoms with Gasteiger partial charge in [0.15, 0.2) is 0 Å². The fourth-order valence-electron chi connectivity index (χ4n) is 11.1. The number of hydrogen-bond donors (Lipinski definition) is 4. The minimum Gasteiger partial charge on any atom is -0.495 e. The standard InChI is InChI=1S/C53H54FN9O8/c1-70-45-26-39-41(55-20-15-44(39)71-37-11-9-34(10-12-37)58-52(69)53(18-19-53)51(68)57-33-7-5-32(54)6-8-33)27-43(45)61-22-16-31(17-23-61)28-60-29-35-25-36(30-60)62(35)24-21-56-40-4-2-3-38-47(40)50(67)63(49(38)66)42-13-14-46(64)59-48(42)65/h2-12,15,20,26-27,31,35-36,42,56H,13-14,16-19,21-25,28-30H2,1H3,(H,57,68)(H,58,69)(H,59,64,65). The van der Waals surface area contributed by atoms with Crippen LogP contribution in [0.5, 0.6) is 17.2 Å². The summed E-state index contributed by atoms with van der Waals surface area (Å²) >= 11 is 0. The van der Waals surface area contributed by atoms with Crippen LogP contribution < -0.4 is 35.6 Å². The lowest BCUT2D eigenvalue weighted by atomic mass is 9.86. The predicted molar refractivity (Wildman–Crippen MR) is 262 cm³/mol. The Morgan fingerprint density at radius 2 is 1.55 bits per heavy atom. The second-order valence-electron chi connectivity index (χ2n) is 19.5. The summed E-state index contributed by atoms with van der Waals surface area (Å²) in [5.74, 6) is -0.796. The molecule has 17 nitrogen and oxygen atoms in total. The van der Waals surface area contributed by atoms with E-state index >= 15 is 0 Å². The van der Waals surface area contributed by atoms with Gasteiger partial charge in [0, 0.05) is 93.0 Å². The smallest absolute Gasteiger partial charge is 0.264 e. The number of amides is 6. The first-order chi connectivity index (χ1) is 34.4. The number of nitrogens with zero attached hydrogens (tertiary/aromatic N) is 5. The number of piperidine rings is 3. The van der Waals surface area contributed by atoms with Crippen LogP contribution in [-0.4, -0.2) is 126 Å². The molecule has 12 rings (SSSR count). The molecule has 6 aliphatic heterocycles. The number of carbonyl (C=O) groups is 6. The molecule has 5 saturated heterocycles. The van der Waals surface area contributed by atoms with E-state index in [1.807, 2.05) is 12.1 Å². The molecule has 71 heavy (non-hydrogen) atoms. The highest BCUT2D eigenvalue weighted by molar-refractivity contribution is 6.25. The molecule has 3 atom stereocenters. The summed E-state index contributed by atoms with van der Waals surface area (Å²) < 4.78 is 25.7. The van der Waals surface area contributed by atoms with Gasteiger partial charge in [0.25, 0.3) is 11.8 Å². The van der Waals surface area contributed by atoms with Crippen molar-refractivity contribution in [1.82, 2.24) is 25.0 Å². The Hall–Kier alpha value is -7.44. The Bertz CT molecular complexity index is 2950. The Morgan fingerprint density at radius 1 is 0.845 bits per heavy atom. The van der Waals surface area contributed by atoms with Gasteiger partial charge >= 0.3 is 0 Å². The first kappa shape index (κ1) is 46.0. The third-order valence-corrected chi connectivity index (χ3v) is 15.1. The lowest BCUT2D eigenvalue weighted by Crippen LogP contribution is -2.69. The van der Waals surface area contributed by atoms with E-state index in [2.05, 4.69) is 42.0 Å². The molecule has 7 heterocycles. The number of ether oxygens (including phenoxy) is 2. The molecule has 5 aromatic rings. The largest absolute Gasteiger partial charge is 0.495 e. The van der Waals surface area contributed by atoms with Crippen molar-refractivity contribution in [2.24, 2.45) is 11.3 Å². The number of benzene rings is 4. The van der Waals surface area contributed by atoms with E-state index in [0.717, 1.165) is 79.3 Å². The zero-order valence-corrected chi connectivity index (χ0v) is 39.2. The Kier molecular flexibility index (Phi) is 12.1. The minimum atomic E-state index is -1.18. The van der Waals surface area contributed by atoms with Crippen molar-refractivity contribution >= 4 is 69.1 Å². The molecular weight excluding hydrogens is 910 g/mol. The van der Waals surface area contributed by atoms with Crippen molar-refractivity contribution in [2.75, 3.05) is 73.8 Å². The van der Waals surface area contributed by atoms with Crippen LogP contribution >= 0.6 is 0 Å². The number of pyridine rings is 1. The van der Waals surface area contributed by atoms with Crippen molar-refractivity contribution in [3.8, 4) is 17.2 Å². The molecule has 366 valence electrons. The molecular formula is C53H54FN9O8. The van der Waals surface area contributed by atoms with E-state index in [1.165, 1.54) is 30.7 Å². The Balaban J connectivity index is 0.650. The molecule has 18 heteroatoms. The van der Waals surface area contributed by atoms with Crippen LogP contribution in [0.1, 0.15) is 65.7 Å². The summed E-state index contributed by atoms with van der Waals surface area (Å²) in [5, 5.41) is 12.1. The third kappa shape index (κ3) is 8.90. The molecule has 0 spiro atoms. The number of nitrogens with one attached hydrogen (secondary N) is 4. The van der Waals surface area contributed by atoms with Crippen molar-refractivity contribution in [1.29, 1.82) is 0 Å². The quantitative estimate of drug-likeness (QED) is 0.0704. The number of methoxy groups -OCH3 is 1. The van der Waals surface area contributed by atoms with Gasteiger partial charge < -0.3 is 30.3 Å². The highest BCUT2D eigenvalue weighted by Gasteiger charge is 2.56. The van der Waals surface area contributed by atoms with Gasteiger partial charge in [-0.05, 0) is 123 Å². The molecule has 1 saturated carbocycles. The summed E-state index contributed by atoms with van der Waals surface area (Å²) in [6.07, 6.45) is 6.05. The van der Waals surface area contributed by atoms with Crippen molar-refractivity contribution in [2.45, 2.75) is 63.1 Å². The van der Waals surface area contributed by atoms with Crippen molar-refractivity contribution in [3.05, 3.63) is 108 Å². The number of anilines is 4. The number of aromatic nitrogens is 1. The number of piperazine rings is 1. The average Bonchev–Trinajstić information content (AvgIpc) is 4.15. The van der Waals surface area contributed by atoms with Crippen LogP contribution in [0, 0.1) is 17.2 Å². The van der Waals surface area contributed by atoms with Gasteiger partial charge in [-0.2, -0.15) is 0 Å². The highest BCUT2D eigenvalue weighted by Crippen LogP contribution is 2.48. The van der Waals surface area contributed by atoms with Gasteiger partial charge in [-0.1, -0.05) is 6.07 Å². The van der Waals surface area contributed by atoms with Gasteiger partial charge in [-0.15, -0.1) is 0 Å². The van der Waals surface area contributed by atoms with Gasteiger partial charge in [-0.3, -0.25) is 53.8 Å². The van der Waals surface area contributed by atoms with Gasteiger partial charge in [-0.25, -0.2) is 4.39 Å². The molecule has 6 fully saturated rings. The van der Waals surface area contributed by atoms with E-state index in [1.54, 1.807) is 55.8 Å². The van der Waals surface area contributed by atoms with Crippen molar-refractivity contribution < 1.29 is 42.6 Å². The number of hydrogen-bond acceptors (Lipinski definition) is 13. The first-order valence-electron chi connectivity index (χ1n) is 24.4. The minimum absolute atomic E-state index is 0.0769. The number of fused-ring (bicyclic) bond motifs is 4. The maximum atomic E-state index is 13.5. The SMILES string of the molecule is COc1cc2c(Oc3ccc(NC(=O)C4(C(=O)Nc5ccc(F)cc5)CC4)cc3)ccnc2cc1N1CCC(CN2CC3CC(C2)N3CCNc2cccc3c2C(=O)N(C2CCC(=O)NC2=O)C3=O)CC1. The summed E-state index contributed by atoms with van der Waals surface area (Å²) in [5.41, 5.74) is 2.68. The molecule has 7 aliphatic rings. The fourth-order valence-corrected chi connectivity index (χ4v) is 11.1. The zero-order valence-electron chi connectivity index (χ0n) is 39.2. The summed E-state index contributed by atoms with van der Waals surface area (Å²) in [6.45, 7) is 6.30. The van der Waals surface area contributed by atoms with Gasteiger partial charge in [0.2, 0.25) is 23.6 Å².